The number of rotatable bonds is 2. The summed E-state index contributed by atoms with van der Waals surface area (Å²) in [6.07, 6.45) is 2.35. The van der Waals surface area contributed by atoms with E-state index >= 15 is 0 Å². The molecule has 0 atom stereocenters. The summed E-state index contributed by atoms with van der Waals surface area (Å²) in [5, 5.41) is 3.35. The maximum absolute atomic E-state index is 5.77. The molecule has 1 aliphatic heterocycles. The van der Waals surface area contributed by atoms with Crippen molar-refractivity contribution >= 4 is 0 Å². The van der Waals surface area contributed by atoms with Crippen LogP contribution < -0.4 is 11.1 Å². The van der Waals surface area contributed by atoms with Crippen molar-refractivity contribution in [2.24, 2.45) is 5.73 Å². The highest BCUT2D eigenvalue weighted by atomic mass is 15.2. The molecule has 1 saturated heterocycles. The molecule has 66 valence electrons. The molecule has 0 amide bonds. The molecule has 0 unspecified atom stereocenters. The number of piperidine rings is 1. The summed E-state index contributed by atoms with van der Waals surface area (Å²) in [5.74, 6) is 0. The molecule has 0 aromatic carbocycles. The zero-order valence-corrected chi connectivity index (χ0v) is 7.56. The Hall–Kier alpha value is -0.120. The molecule has 0 spiro atoms. The molecular weight excluding hydrogens is 138 g/mol. The molecule has 1 heterocycles. The van der Waals surface area contributed by atoms with E-state index in [1.807, 2.05) is 0 Å². The van der Waals surface area contributed by atoms with Crippen molar-refractivity contribution in [3.63, 3.8) is 0 Å². The zero-order valence-electron chi connectivity index (χ0n) is 7.56. The number of nitrogens with two attached hydrogens (primary N) is 1. The third-order valence-corrected chi connectivity index (χ3v) is 2.86. The standard InChI is InChI=1S/C8H19N3/c1-11(2)8(7-9)3-5-10-6-4-8/h10H,3-7,9H2,1-2H3. The summed E-state index contributed by atoms with van der Waals surface area (Å²) in [6, 6.07) is 0. The third kappa shape index (κ3) is 1.72. The van der Waals surface area contributed by atoms with E-state index in [1.54, 1.807) is 0 Å². The van der Waals surface area contributed by atoms with Crippen molar-refractivity contribution < 1.29 is 0 Å². The Morgan fingerprint density at radius 3 is 2.18 bits per heavy atom. The molecule has 0 saturated carbocycles. The Morgan fingerprint density at radius 1 is 1.36 bits per heavy atom. The number of nitrogens with zero attached hydrogens (tertiary/aromatic N) is 1. The number of hydrogen-bond acceptors (Lipinski definition) is 3. The predicted octanol–water partition coefficient (Wildman–Crippen LogP) is -0.371. The smallest absolute Gasteiger partial charge is 0.0349 e. The van der Waals surface area contributed by atoms with Gasteiger partial charge in [0.2, 0.25) is 0 Å². The summed E-state index contributed by atoms with van der Waals surface area (Å²) in [7, 11) is 4.25. The van der Waals surface area contributed by atoms with Gasteiger partial charge in [-0.05, 0) is 40.0 Å². The summed E-state index contributed by atoms with van der Waals surface area (Å²) in [4.78, 5) is 2.27. The van der Waals surface area contributed by atoms with Gasteiger partial charge < -0.3 is 16.0 Å². The number of hydrogen-bond donors (Lipinski definition) is 2. The topological polar surface area (TPSA) is 41.3 Å². The normalized spacial score (nSPS) is 24.0. The molecule has 0 radical (unpaired) electrons. The van der Waals surface area contributed by atoms with Crippen LogP contribution in [-0.4, -0.2) is 44.2 Å². The Morgan fingerprint density at radius 2 is 1.91 bits per heavy atom. The van der Waals surface area contributed by atoms with Gasteiger partial charge in [-0.15, -0.1) is 0 Å². The van der Waals surface area contributed by atoms with Crippen LogP contribution in [0.2, 0.25) is 0 Å². The SMILES string of the molecule is CN(C)C1(CN)CCNCC1. The fourth-order valence-electron chi connectivity index (χ4n) is 1.73. The van der Waals surface area contributed by atoms with E-state index in [0.717, 1.165) is 19.6 Å². The van der Waals surface area contributed by atoms with Crippen molar-refractivity contribution in [2.75, 3.05) is 33.7 Å². The minimum Gasteiger partial charge on any atom is -0.329 e. The molecular formula is C8H19N3. The van der Waals surface area contributed by atoms with Crippen molar-refractivity contribution in [3.8, 4) is 0 Å². The molecule has 1 rings (SSSR count). The van der Waals surface area contributed by atoms with Gasteiger partial charge in [-0.3, -0.25) is 0 Å². The van der Waals surface area contributed by atoms with Crippen molar-refractivity contribution in [3.05, 3.63) is 0 Å². The summed E-state index contributed by atoms with van der Waals surface area (Å²) in [5.41, 5.74) is 6.04. The Labute approximate surface area is 68.9 Å². The fourth-order valence-corrected chi connectivity index (χ4v) is 1.73. The highest BCUT2D eigenvalue weighted by molar-refractivity contribution is 4.92. The fraction of sp³-hybridized carbons (Fsp3) is 1.00. The van der Waals surface area contributed by atoms with Gasteiger partial charge in [-0.25, -0.2) is 0 Å². The lowest BCUT2D eigenvalue weighted by molar-refractivity contribution is 0.117. The summed E-state index contributed by atoms with van der Waals surface area (Å²) < 4.78 is 0. The summed E-state index contributed by atoms with van der Waals surface area (Å²) >= 11 is 0. The van der Waals surface area contributed by atoms with Crippen molar-refractivity contribution in [2.45, 2.75) is 18.4 Å². The van der Waals surface area contributed by atoms with Gasteiger partial charge in [0.15, 0.2) is 0 Å². The number of nitrogens with one attached hydrogen (secondary N) is 1. The van der Waals surface area contributed by atoms with Crippen LogP contribution in [0.3, 0.4) is 0 Å². The van der Waals surface area contributed by atoms with E-state index in [0.29, 0.717) is 0 Å². The van der Waals surface area contributed by atoms with Crippen LogP contribution in [0, 0.1) is 0 Å². The van der Waals surface area contributed by atoms with Crippen LogP contribution >= 0.6 is 0 Å². The van der Waals surface area contributed by atoms with E-state index in [4.69, 9.17) is 5.73 Å². The molecule has 3 heteroatoms. The Bertz CT molecular complexity index is 117. The van der Waals surface area contributed by atoms with E-state index < -0.39 is 0 Å². The predicted molar refractivity (Wildman–Crippen MR) is 47.6 cm³/mol. The molecule has 0 aromatic rings. The largest absolute Gasteiger partial charge is 0.329 e. The first-order valence-corrected chi connectivity index (χ1v) is 4.29. The molecule has 11 heavy (non-hydrogen) atoms. The average molecular weight is 157 g/mol. The Balaban J connectivity index is 2.57. The van der Waals surface area contributed by atoms with Crippen LogP contribution in [0.15, 0.2) is 0 Å². The van der Waals surface area contributed by atoms with Gasteiger partial charge in [-0.1, -0.05) is 0 Å². The van der Waals surface area contributed by atoms with Gasteiger partial charge >= 0.3 is 0 Å². The molecule has 1 fully saturated rings. The molecule has 0 aliphatic carbocycles. The van der Waals surface area contributed by atoms with Crippen LogP contribution in [-0.2, 0) is 0 Å². The summed E-state index contributed by atoms with van der Waals surface area (Å²) in [6.45, 7) is 2.99. The maximum Gasteiger partial charge on any atom is 0.0349 e. The van der Waals surface area contributed by atoms with Gasteiger partial charge in [0.1, 0.15) is 0 Å². The first kappa shape index (κ1) is 8.97. The minimum atomic E-state index is 0.269. The van der Waals surface area contributed by atoms with Gasteiger partial charge in [0, 0.05) is 12.1 Å². The van der Waals surface area contributed by atoms with Crippen LogP contribution in [0.5, 0.6) is 0 Å². The second-order valence-electron chi connectivity index (χ2n) is 3.57. The second-order valence-corrected chi connectivity index (χ2v) is 3.57. The van der Waals surface area contributed by atoms with E-state index in [9.17, 15) is 0 Å². The van der Waals surface area contributed by atoms with E-state index in [-0.39, 0.29) is 5.54 Å². The quantitative estimate of drug-likeness (QED) is 0.574. The molecule has 3 N–H and O–H groups in total. The average Bonchev–Trinajstić information content (AvgIpc) is 2.05. The maximum atomic E-state index is 5.77. The highest BCUT2D eigenvalue weighted by Gasteiger charge is 2.32. The first-order chi connectivity index (χ1) is 5.21. The zero-order chi connectivity index (χ0) is 8.32. The van der Waals surface area contributed by atoms with Crippen LogP contribution in [0.1, 0.15) is 12.8 Å². The second kappa shape index (κ2) is 3.52. The van der Waals surface area contributed by atoms with Crippen LogP contribution in [0.4, 0.5) is 0 Å². The lowest BCUT2D eigenvalue weighted by Gasteiger charge is -2.42. The third-order valence-electron chi connectivity index (χ3n) is 2.86. The first-order valence-electron chi connectivity index (χ1n) is 4.29. The Kier molecular flexibility index (Phi) is 2.87. The molecule has 0 bridgehead atoms. The monoisotopic (exact) mass is 157 g/mol. The lowest BCUT2D eigenvalue weighted by atomic mass is 9.87. The van der Waals surface area contributed by atoms with Gasteiger partial charge in [0.25, 0.3) is 0 Å². The highest BCUT2D eigenvalue weighted by Crippen LogP contribution is 2.21. The van der Waals surface area contributed by atoms with Gasteiger partial charge in [-0.2, -0.15) is 0 Å². The molecule has 0 aromatic heterocycles. The van der Waals surface area contributed by atoms with E-state index in [2.05, 4.69) is 24.3 Å². The minimum absolute atomic E-state index is 0.269. The molecule has 3 nitrogen and oxygen atoms in total. The van der Waals surface area contributed by atoms with Crippen LogP contribution in [0.25, 0.3) is 0 Å². The lowest BCUT2D eigenvalue weighted by Crippen LogP contribution is -2.56. The number of likely N-dealkylation sites (N-methyl/N-ethyl adjacent to an activating group) is 1. The van der Waals surface area contributed by atoms with E-state index in [1.165, 1.54) is 12.8 Å². The molecule has 1 aliphatic rings. The van der Waals surface area contributed by atoms with Crippen molar-refractivity contribution in [1.29, 1.82) is 0 Å². The van der Waals surface area contributed by atoms with Crippen molar-refractivity contribution in [1.82, 2.24) is 10.2 Å². The van der Waals surface area contributed by atoms with Gasteiger partial charge in [0.05, 0.1) is 0 Å².